The summed E-state index contributed by atoms with van der Waals surface area (Å²) in [6.07, 6.45) is 4.20. The first-order valence-corrected chi connectivity index (χ1v) is 7.75. The Labute approximate surface area is 138 Å². The van der Waals surface area contributed by atoms with Gasteiger partial charge in [0.05, 0.1) is 0 Å². The topological polar surface area (TPSA) is 65.8 Å². The lowest BCUT2D eigenvalue weighted by Gasteiger charge is -2.04. The Kier molecular flexibility index (Phi) is 3.49. The summed E-state index contributed by atoms with van der Waals surface area (Å²) in [5.74, 6) is 1.09. The van der Waals surface area contributed by atoms with Crippen LogP contribution in [0.4, 0.5) is 0 Å². The van der Waals surface area contributed by atoms with E-state index in [-0.39, 0.29) is 5.56 Å². The monoisotopic (exact) mass is 320 g/mol. The number of nitrogens with zero attached hydrogens (tertiary/aromatic N) is 4. The third kappa shape index (κ3) is 2.52. The van der Waals surface area contributed by atoms with E-state index in [0.717, 1.165) is 10.9 Å². The fourth-order valence-corrected chi connectivity index (χ4v) is 2.79. The molecule has 0 aliphatic rings. The van der Waals surface area contributed by atoms with E-state index in [0.29, 0.717) is 30.2 Å². The maximum atomic E-state index is 12.5. The molecule has 0 saturated heterocycles. The van der Waals surface area contributed by atoms with Gasteiger partial charge in [-0.2, -0.15) is 4.98 Å². The minimum atomic E-state index is -0.0113. The Morgan fingerprint density at radius 1 is 1.08 bits per heavy atom. The van der Waals surface area contributed by atoms with Crippen LogP contribution in [-0.2, 0) is 20.0 Å². The Balaban J connectivity index is 1.56. The van der Waals surface area contributed by atoms with E-state index in [9.17, 15) is 4.79 Å². The molecule has 0 spiro atoms. The van der Waals surface area contributed by atoms with Crippen molar-refractivity contribution in [1.82, 2.24) is 19.3 Å². The van der Waals surface area contributed by atoms with Crippen LogP contribution >= 0.6 is 0 Å². The molecule has 0 amide bonds. The zero-order valence-electron chi connectivity index (χ0n) is 13.2. The summed E-state index contributed by atoms with van der Waals surface area (Å²) in [4.78, 5) is 16.9. The highest BCUT2D eigenvalue weighted by atomic mass is 16.5. The SMILES string of the molecule is Cn1ccc2ccn(CCc3nc(-c4ccccc4)no3)c(=O)c21. The maximum Gasteiger partial charge on any atom is 0.275 e. The number of hydrogen-bond donors (Lipinski definition) is 0. The van der Waals surface area contributed by atoms with E-state index >= 15 is 0 Å². The molecule has 0 fully saturated rings. The molecule has 4 aromatic rings. The summed E-state index contributed by atoms with van der Waals surface area (Å²) >= 11 is 0. The van der Waals surface area contributed by atoms with Crippen molar-refractivity contribution in [2.45, 2.75) is 13.0 Å². The fourth-order valence-electron chi connectivity index (χ4n) is 2.79. The van der Waals surface area contributed by atoms with E-state index in [1.165, 1.54) is 0 Å². The van der Waals surface area contributed by atoms with Gasteiger partial charge in [-0.3, -0.25) is 4.79 Å². The van der Waals surface area contributed by atoms with Crippen LogP contribution in [0, 0.1) is 0 Å². The molecule has 120 valence electrons. The lowest BCUT2D eigenvalue weighted by molar-refractivity contribution is 0.371. The quantitative estimate of drug-likeness (QED) is 0.580. The molecule has 3 aromatic heterocycles. The molecule has 6 nitrogen and oxygen atoms in total. The van der Waals surface area contributed by atoms with E-state index < -0.39 is 0 Å². The van der Waals surface area contributed by atoms with Crippen molar-refractivity contribution >= 4 is 10.9 Å². The van der Waals surface area contributed by atoms with Gasteiger partial charge in [0.1, 0.15) is 5.52 Å². The number of aryl methyl sites for hydroxylation is 3. The molecule has 0 aliphatic carbocycles. The summed E-state index contributed by atoms with van der Waals surface area (Å²) in [5, 5.41) is 4.95. The Morgan fingerprint density at radius 3 is 2.71 bits per heavy atom. The number of fused-ring (bicyclic) bond motifs is 1. The zero-order chi connectivity index (χ0) is 16.5. The van der Waals surface area contributed by atoms with Gasteiger partial charge in [-0.05, 0) is 12.1 Å². The standard InChI is InChI=1S/C18H16N4O2/c1-21-10-7-13-8-11-22(18(23)16(13)21)12-9-15-19-17(20-24-15)14-5-3-2-4-6-14/h2-8,10-11H,9,12H2,1H3. The van der Waals surface area contributed by atoms with Crippen LogP contribution in [0.1, 0.15) is 5.89 Å². The molecule has 0 radical (unpaired) electrons. The first-order chi connectivity index (χ1) is 11.7. The molecular formula is C18H16N4O2. The predicted molar refractivity (Wildman–Crippen MR) is 90.6 cm³/mol. The highest BCUT2D eigenvalue weighted by Gasteiger charge is 2.10. The number of pyridine rings is 1. The first kappa shape index (κ1) is 14.4. The highest BCUT2D eigenvalue weighted by molar-refractivity contribution is 5.78. The Morgan fingerprint density at radius 2 is 1.88 bits per heavy atom. The van der Waals surface area contributed by atoms with Crippen molar-refractivity contribution in [2.24, 2.45) is 7.05 Å². The third-order valence-electron chi connectivity index (χ3n) is 4.07. The summed E-state index contributed by atoms with van der Waals surface area (Å²) in [7, 11) is 1.87. The molecule has 24 heavy (non-hydrogen) atoms. The zero-order valence-corrected chi connectivity index (χ0v) is 13.2. The third-order valence-corrected chi connectivity index (χ3v) is 4.07. The summed E-state index contributed by atoms with van der Waals surface area (Å²) in [6, 6.07) is 13.5. The van der Waals surface area contributed by atoms with Crippen LogP contribution in [0.25, 0.3) is 22.3 Å². The van der Waals surface area contributed by atoms with Crippen LogP contribution in [0.3, 0.4) is 0 Å². The molecule has 0 atom stereocenters. The number of aromatic nitrogens is 4. The molecular weight excluding hydrogens is 304 g/mol. The minimum Gasteiger partial charge on any atom is -0.346 e. The van der Waals surface area contributed by atoms with Crippen molar-refractivity contribution in [3.8, 4) is 11.4 Å². The van der Waals surface area contributed by atoms with Crippen molar-refractivity contribution in [1.29, 1.82) is 0 Å². The van der Waals surface area contributed by atoms with Crippen LogP contribution < -0.4 is 5.56 Å². The van der Waals surface area contributed by atoms with Gasteiger partial charge in [-0.25, -0.2) is 0 Å². The van der Waals surface area contributed by atoms with Gasteiger partial charge in [-0.15, -0.1) is 0 Å². The average Bonchev–Trinajstić information content (AvgIpc) is 3.23. The lowest BCUT2D eigenvalue weighted by atomic mass is 10.2. The first-order valence-electron chi connectivity index (χ1n) is 7.75. The van der Waals surface area contributed by atoms with Gasteiger partial charge in [-0.1, -0.05) is 35.5 Å². The van der Waals surface area contributed by atoms with E-state index in [2.05, 4.69) is 10.1 Å². The molecule has 0 saturated carbocycles. The normalized spacial score (nSPS) is 11.2. The second-order valence-corrected chi connectivity index (χ2v) is 5.67. The van der Waals surface area contributed by atoms with Crippen LogP contribution in [0.15, 0.2) is 64.2 Å². The number of hydrogen-bond acceptors (Lipinski definition) is 4. The maximum absolute atomic E-state index is 12.5. The van der Waals surface area contributed by atoms with Gasteiger partial charge < -0.3 is 13.7 Å². The van der Waals surface area contributed by atoms with Crippen LogP contribution in [-0.4, -0.2) is 19.3 Å². The molecule has 0 aliphatic heterocycles. The van der Waals surface area contributed by atoms with Gasteiger partial charge >= 0.3 is 0 Å². The minimum absolute atomic E-state index is 0.0113. The molecule has 0 N–H and O–H groups in total. The Bertz CT molecular complexity index is 1040. The second kappa shape index (κ2) is 5.81. The van der Waals surface area contributed by atoms with Crippen molar-refractivity contribution < 1.29 is 4.52 Å². The molecule has 1 aromatic carbocycles. The van der Waals surface area contributed by atoms with Crippen molar-refractivity contribution in [2.75, 3.05) is 0 Å². The Hall–Kier alpha value is -3.15. The van der Waals surface area contributed by atoms with Crippen molar-refractivity contribution in [3.63, 3.8) is 0 Å². The van der Waals surface area contributed by atoms with E-state index in [1.54, 1.807) is 10.8 Å². The largest absolute Gasteiger partial charge is 0.346 e. The van der Waals surface area contributed by atoms with E-state index in [1.807, 2.05) is 60.3 Å². The predicted octanol–water partition coefficient (Wildman–Crippen LogP) is 2.63. The van der Waals surface area contributed by atoms with Gasteiger partial charge in [0.2, 0.25) is 11.7 Å². The molecule has 0 unspecified atom stereocenters. The second-order valence-electron chi connectivity index (χ2n) is 5.67. The highest BCUT2D eigenvalue weighted by Crippen LogP contribution is 2.15. The number of benzene rings is 1. The number of rotatable bonds is 4. The molecule has 6 heteroatoms. The lowest BCUT2D eigenvalue weighted by Crippen LogP contribution is -2.21. The van der Waals surface area contributed by atoms with Crippen LogP contribution in [0.2, 0.25) is 0 Å². The molecule has 0 bridgehead atoms. The molecule has 3 heterocycles. The van der Waals surface area contributed by atoms with Gasteiger partial charge in [0.15, 0.2) is 0 Å². The average molecular weight is 320 g/mol. The molecule has 4 rings (SSSR count). The summed E-state index contributed by atoms with van der Waals surface area (Å²) < 4.78 is 8.81. The van der Waals surface area contributed by atoms with Crippen molar-refractivity contribution in [3.05, 3.63) is 71.1 Å². The van der Waals surface area contributed by atoms with Gasteiger partial charge in [0, 0.05) is 43.4 Å². The smallest absolute Gasteiger partial charge is 0.275 e. The summed E-state index contributed by atoms with van der Waals surface area (Å²) in [6.45, 7) is 0.496. The van der Waals surface area contributed by atoms with E-state index in [4.69, 9.17) is 4.52 Å². The fraction of sp³-hybridized carbons (Fsp3) is 0.167. The van der Waals surface area contributed by atoms with Gasteiger partial charge in [0.25, 0.3) is 5.56 Å². The van der Waals surface area contributed by atoms with Crippen LogP contribution in [0.5, 0.6) is 0 Å². The summed E-state index contributed by atoms with van der Waals surface area (Å²) in [5.41, 5.74) is 1.60.